The predicted molar refractivity (Wildman–Crippen MR) is 101 cm³/mol. The third kappa shape index (κ3) is 5.53. The number of aryl methyl sites for hydroxylation is 2. The summed E-state index contributed by atoms with van der Waals surface area (Å²) in [6.45, 7) is 11.0. The van der Waals surface area contributed by atoms with Crippen LogP contribution in [0.5, 0.6) is 5.75 Å². The molecule has 0 bridgehead atoms. The van der Waals surface area contributed by atoms with Gasteiger partial charge in [-0.1, -0.05) is 12.1 Å². The van der Waals surface area contributed by atoms with E-state index in [1.54, 1.807) is 11.3 Å². The third-order valence-electron chi connectivity index (χ3n) is 3.39. The maximum atomic E-state index is 5.54. The van der Waals surface area contributed by atoms with Gasteiger partial charge in [-0.2, -0.15) is 0 Å². The van der Waals surface area contributed by atoms with E-state index in [0.717, 1.165) is 41.1 Å². The number of aliphatic imine (C=N–C) groups is 1. The molecule has 0 radical (unpaired) electrons. The van der Waals surface area contributed by atoms with Crippen molar-refractivity contribution in [3.8, 4) is 5.75 Å². The normalized spacial score (nSPS) is 11.4. The summed E-state index contributed by atoms with van der Waals surface area (Å²) in [5.41, 5.74) is 2.22. The van der Waals surface area contributed by atoms with Crippen LogP contribution in [0.15, 0.2) is 29.3 Å². The van der Waals surface area contributed by atoms with Gasteiger partial charge in [0.15, 0.2) is 5.96 Å². The highest BCUT2D eigenvalue weighted by atomic mass is 32.1. The van der Waals surface area contributed by atoms with Crippen LogP contribution in [0.25, 0.3) is 0 Å². The first kappa shape index (κ1) is 18.3. The van der Waals surface area contributed by atoms with Crippen LogP contribution < -0.4 is 15.4 Å². The summed E-state index contributed by atoms with van der Waals surface area (Å²) in [6, 6.07) is 8.06. The molecule has 2 N–H and O–H groups in total. The summed E-state index contributed by atoms with van der Waals surface area (Å²) in [6.07, 6.45) is 0. The van der Waals surface area contributed by atoms with Crippen molar-refractivity contribution in [2.75, 3.05) is 13.2 Å². The van der Waals surface area contributed by atoms with E-state index in [9.17, 15) is 0 Å². The molecule has 0 saturated heterocycles. The number of thiazole rings is 1. The van der Waals surface area contributed by atoms with Crippen molar-refractivity contribution in [2.24, 2.45) is 4.99 Å². The molecule has 1 heterocycles. The molecule has 0 atom stereocenters. The van der Waals surface area contributed by atoms with Crippen LogP contribution in [-0.2, 0) is 13.1 Å². The number of benzene rings is 1. The molecule has 2 rings (SSSR count). The number of ether oxygens (including phenoxy) is 1. The molecule has 0 spiro atoms. The van der Waals surface area contributed by atoms with E-state index in [-0.39, 0.29) is 0 Å². The monoisotopic (exact) mass is 346 g/mol. The number of guanidine groups is 1. The topological polar surface area (TPSA) is 58.5 Å². The summed E-state index contributed by atoms with van der Waals surface area (Å²) in [7, 11) is 0. The zero-order valence-corrected chi connectivity index (χ0v) is 15.7. The Morgan fingerprint density at radius 3 is 2.75 bits per heavy atom. The summed E-state index contributed by atoms with van der Waals surface area (Å²) in [5.74, 6) is 1.70. The largest absolute Gasteiger partial charge is 0.494 e. The smallest absolute Gasteiger partial charge is 0.191 e. The van der Waals surface area contributed by atoms with Crippen molar-refractivity contribution in [1.82, 2.24) is 15.6 Å². The summed E-state index contributed by atoms with van der Waals surface area (Å²) < 4.78 is 5.54. The van der Waals surface area contributed by atoms with Crippen LogP contribution in [0.4, 0.5) is 0 Å². The maximum Gasteiger partial charge on any atom is 0.191 e. The van der Waals surface area contributed by atoms with Gasteiger partial charge >= 0.3 is 0 Å². The minimum atomic E-state index is 0.608. The minimum Gasteiger partial charge on any atom is -0.494 e. The highest BCUT2D eigenvalue weighted by Crippen LogP contribution is 2.16. The number of hydrogen-bond acceptors (Lipinski definition) is 4. The first-order valence-corrected chi connectivity index (χ1v) is 9.10. The Bertz CT molecular complexity index is 681. The zero-order valence-electron chi connectivity index (χ0n) is 14.8. The standard InChI is InChI=1S/C18H26N4OS/c1-5-19-18(21-12-17-13(3)22-14(4)24-17)20-11-15-8-7-9-16(10-15)23-6-2/h7-10H,5-6,11-12H2,1-4H3,(H2,19,20,21). The summed E-state index contributed by atoms with van der Waals surface area (Å²) in [5, 5.41) is 7.76. The number of rotatable bonds is 7. The minimum absolute atomic E-state index is 0.608. The Kier molecular flexibility index (Phi) is 7.06. The average Bonchev–Trinajstić information content (AvgIpc) is 2.88. The van der Waals surface area contributed by atoms with Crippen LogP contribution in [-0.4, -0.2) is 24.1 Å². The molecule has 5 nitrogen and oxygen atoms in total. The Morgan fingerprint density at radius 2 is 2.08 bits per heavy atom. The van der Waals surface area contributed by atoms with E-state index in [1.165, 1.54) is 4.88 Å². The highest BCUT2D eigenvalue weighted by molar-refractivity contribution is 7.11. The van der Waals surface area contributed by atoms with Crippen molar-refractivity contribution in [1.29, 1.82) is 0 Å². The highest BCUT2D eigenvalue weighted by Gasteiger charge is 2.06. The van der Waals surface area contributed by atoms with E-state index >= 15 is 0 Å². The van der Waals surface area contributed by atoms with Gasteiger partial charge in [0.25, 0.3) is 0 Å². The second kappa shape index (κ2) is 9.27. The van der Waals surface area contributed by atoms with E-state index in [0.29, 0.717) is 13.2 Å². The molecule has 2 aromatic rings. The van der Waals surface area contributed by atoms with Crippen molar-refractivity contribution in [3.63, 3.8) is 0 Å². The first-order valence-electron chi connectivity index (χ1n) is 8.29. The van der Waals surface area contributed by atoms with Crippen LogP contribution in [0.1, 0.15) is 35.0 Å². The summed E-state index contributed by atoms with van der Waals surface area (Å²) >= 11 is 1.72. The SMILES string of the molecule is CCNC(=NCc1cccc(OCC)c1)NCc1sc(C)nc1C. The molecule has 1 aromatic heterocycles. The molecule has 0 amide bonds. The van der Waals surface area contributed by atoms with Crippen LogP contribution in [0.2, 0.25) is 0 Å². The van der Waals surface area contributed by atoms with Gasteiger partial charge in [0.2, 0.25) is 0 Å². The van der Waals surface area contributed by atoms with Crippen molar-refractivity contribution >= 4 is 17.3 Å². The molecular weight excluding hydrogens is 320 g/mol. The fourth-order valence-electron chi connectivity index (χ4n) is 2.31. The van der Waals surface area contributed by atoms with Crippen LogP contribution in [0, 0.1) is 13.8 Å². The van der Waals surface area contributed by atoms with Gasteiger partial charge in [-0.3, -0.25) is 0 Å². The molecule has 130 valence electrons. The van der Waals surface area contributed by atoms with Crippen molar-refractivity contribution < 1.29 is 4.74 Å². The van der Waals surface area contributed by atoms with Gasteiger partial charge in [0.1, 0.15) is 5.75 Å². The van der Waals surface area contributed by atoms with Crippen molar-refractivity contribution in [2.45, 2.75) is 40.8 Å². The maximum absolute atomic E-state index is 5.54. The quantitative estimate of drug-likeness (QED) is 0.596. The molecule has 0 fully saturated rings. The van der Waals surface area contributed by atoms with E-state index < -0.39 is 0 Å². The van der Waals surface area contributed by atoms with Gasteiger partial charge in [-0.05, 0) is 45.4 Å². The van der Waals surface area contributed by atoms with E-state index in [1.807, 2.05) is 39.0 Å². The number of nitrogens with zero attached hydrogens (tertiary/aromatic N) is 2. The fourth-order valence-corrected chi connectivity index (χ4v) is 3.19. The lowest BCUT2D eigenvalue weighted by Gasteiger charge is -2.11. The molecule has 0 saturated carbocycles. The number of hydrogen-bond donors (Lipinski definition) is 2. The molecule has 0 aliphatic rings. The van der Waals surface area contributed by atoms with Gasteiger partial charge in [-0.25, -0.2) is 9.98 Å². The van der Waals surface area contributed by atoms with E-state index in [2.05, 4.69) is 33.6 Å². The van der Waals surface area contributed by atoms with Crippen LogP contribution >= 0.6 is 11.3 Å². The van der Waals surface area contributed by atoms with Gasteiger partial charge in [0.05, 0.1) is 30.4 Å². The van der Waals surface area contributed by atoms with Crippen molar-refractivity contribution in [3.05, 3.63) is 45.4 Å². The number of aromatic nitrogens is 1. The van der Waals surface area contributed by atoms with E-state index in [4.69, 9.17) is 4.74 Å². The second-order valence-corrected chi connectivity index (χ2v) is 6.66. The second-order valence-electron chi connectivity index (χ2n) is 5.37. The molecule has 0 aliphatic heterocycles. The predicted octanol–water partition coefficient (Wildman–Crippen LogP) is 3.41. The lowest BCUT2D eigenvalue weighted by atomic mass is 10.2. The molecule has 24 heavy (non-hydrogen) atoms. The lowest BCUT2D eigenvalue weighted by Crippen LogP contribution is -2.36. The average molecular weight is 347 g/mol. The molecule has 0 unspecified atom stereocenters. The summed E-state index contributed by atoms with van der Waals surface area (Å²) in [4.78, 5) is 10.4. The van der Waals surface area contributed by atoms with Gasteiger partial charge < -0.3 is 15.4 Å². The first-order chi connectivity index (χ1) is 11.6. The molecule has 0 aliphatic carbocycles. The third-order valence-corrected chi connectivity index (χ3v) is 4.46. The Hall–Kier alpha value is -2.08. The Balaban J connectivity index is 1.99. The Labute approximate surface area is 148 Å². The van der Waals surface area contributed by atoms with Gasteiger partial charge in [-0.15, -0.1) is 11.3 Å². The molecular formula is C18H26N4OS. The Morgan fingerprint density at radius 1 is 1.25 bits per heavy atom. The van der Waals surface area contributed by atoms with Gasteiger partial charge in [0, 0.05) is 11.4 Å². The molecule has 1 aromatic carbocycles. The molecule has 6 heteroatoms. The lowest BCUT2D eigenvalue weighted by molar-refractivity contribution is 0.340. The van der Waals surface area contributed by atoms with Crippen LogP contribution in [0.3, 0.4) is 0 Å². The fraction of sp³-hybridized carbons (Fsp3) is 0.444. The number of nitrogens with one attached hydrogen (secondary N) is 2. The zero-order chi connectivity index (χ0) is 17.4.